The highest BCUT2D eigenvalue weighted by Crippen LogP contribution is 2.34. The molecule has 0 bridgehead atoms. The van der Waals surface area contributed by atoms with Crippen molar-refractivity contribution < 1.29 is 14.1 Å². The smallest absolute Gasteiger partial charge is 0.353 e. The zero-order valence-corrected chi connectivity index (χ0v) is 11.5. The maximum Gasteiger partial charge on any atom is 0.353 e. The fourth-order valence-corrected chi connectivity index (χ4v) is 1.42. The number of anilines is 2. The summed E-state index contributed by atoms with van der Waals surface area (Å²) in [6.45, 7) is 4.00. The van der Waals surface area contributed by atoms with Gasteiger partial charge in [0.2, 0.25) is 11.6 Å². The number of hydrogen-bond acceptors (Lipinski definition) is 6. The van der Waals surface area contributed by atoms with Crippen molar-refractivity contribution in [3.05, 3.63) is 46.4 Å². The van der Waals surface area contributed by atoms with Crippen molar-refractivity contribution in [1.29, 1.82) is 0 Å². The average Bonchev–Trinajstić information content (AvgIpc) is 2.45. The van der Waals surface area contributed by atoms with Gasteiger partial charge < -0.3 is 16.2 Å². The first-order valence-corrected chi connectivity index (χ1v) is 6.11. The van der Waals surface area contributed by atoms with Crippen LogP contribution in [-0.2, 0) is 0 Å². The Hall–Kier alpha value is -2.90. The number of nitrogens with two attached hydrogens (primary N) is 2. The number of nitrogens with zero attached hydrogens (tertiary/aromatic N) is 2. The third kappa shape index (κ3) is 3.78. The van der Waals surface area contributed by atoms with Crippen LogP contribution in [0.25, 0.3) is 0 Å². The topological polar surface area (TPSA) is 117 Å². The minimum Gasteiger partial charge on any atom is -0.450 e. The van der Waals surface area contributed by atoms with E-state index < -0.39 is 16.4 Å². The second-order valence-corrected chi connectivity index (χ2v) is 3.59. The molecular formula is C13H15FN4O3. The van der Waals surface area contributed by atoms with Crippen molar-refractivity contribution in [2.45, 2.75) is 13.8 Å². The molecule has 0 aliphatic rings. The second-order valence-electron chi connectivity index (χ2n) is 3.59. The molecular weight excluding hydrogens is 279 g/mol. The van der Waals surface area contributed by atoms with Crippen molar-refractivity contribution in [3.8, 4) is 11.5 Å². The summed E-state index contributed by atoms with van der Waals surface area (Å²) in [5.41, 5.74) is 10.2. The van der Waals surface area contributed by atoms with Crippen LogP contribution >= 0.6 is 0 Å². The molecule has 112 valence electrons. The summed E-state index contributed by atoms with van der Waals surface area (Å²) in [6, 6.07) is 4.97. The van der Waals surface area contributed by atoms with Gasteiger partial charge in [-0.2, -0.15) is 0 Å². The molecule has 21 heavy (non-hydrogen) atoms. The Morgan fingerprint density at radius 1 is 1.29 bits per heavy atom. The Labute approximate surface area is 120 Å². The van der Waals surface area contributed by atoms with Crippen molar-refractivity contribution in [2.75, 3.05) is 11.5 Å². The molecule has 4 N–H and O–H groups in total. The van der Waals surface area contributed by atoms with Crippen LogP contribution in [0.1, 0.15) is 13.8 Å². The van der Waals surface area contributed by atoms with Crippen LogP contribution in [0.4, 0.5) is 21.6 Å². The molecule has 1 heterocycles. The average molecular weight is 294 g/mol. The third-order valence-electron chi connectivity index (χ3n) is 2.30. The van der Waals surface area contributed by atoms with Gasteiger partial charge in [0.15, 0.2) is 0 Å². The molecule has 0 saturated carbocycles. The summed E-state index contributed by atoms with van der Waals surface area (Å²) in [6.07, 6.45) is 1.26. The molecule has 1 aromatic heterocycles. The lowest BCUT2D eigenvalue weighted by molar-refractivity contribution is -0.384. The van der Waals surface area contributed by atoms with Crippen LogP contribution in [0.2, 0.25) is 0 Å². The van der Waals surface area contributed by atoms with Gasteiger partial charge in [-0.15, -0.1) is 0 Å². The lowest BCUT2D eigenvalue weighted by atomic mass is 10.3. The van der Waals surface area contributed by atoms with Crippen LogP contribution in [0.3, 0.4) is 0 Å². The number of hydrogen-bond donors (Lipinski definition) is 2. The van der Waals surface area contributed by atoms with E-state index >= 15 is 0 Å². The van der Waals surface area contributed by atoms with Gasteiger partial charge in [-0.1, -0.05) is 13.8 Å². The van der Waals surface area contributed by atoms with E-state index in [0.717, 1.165) is 6.07 Å². The van der Waals surface area contributed by atoms with E-state index in [1.165, 1.54) is 24.4 Å². The van der Waals surface area contributed by atoms with Crippen LogP contribution in [-0.4, -0.2) is 9.91 Å². The molecule has 0 spiro atoms. The number of halogens is 1. The molecule has 0 radical (unpaired) electrons. The highest BCUT2D eigenvalue weighted by Gasteiger charge is 2.21. The summed E-state index contributed by atoms with van der Waals surface area (Å²) in [4.78, 5) is 13.7. The van der Waals surface area contributed by atoms with Gasteiger partial charge >= 0.3 is 5.69 Å². The SMILES string of the molecule is CC.Nc1ccc(Oc2ccnc(N)c2[N+](=O)[O-])cc1F. The van der Waals surface area contributed by atoms with Crippen molar-refractivity contribution in [2.24, 2.45) is 0 Å². The monoisotopic (exact) mass is 294 g/mol. The number of aromatic nitrogens is 1. The molecule has 1 aromatic carbocycles. The standard InChI is InChI=1S/C11H9FN4O3.C2H6/c12-7-5-6(1-2-8(7)13)19-9-3-4-15-11(14)10(9)16(17)18;1-2/h1-5H,13H2,(H2,14,15);1-2H3. The zero-order chi connectivity index (χ0) is 16.0. The Kier molecular flexibility index (Phi) is 5.41. The second kappa shape index (κ2) is 7.04. The zero-order valence-electron chi connectivity index (χ0n) is 11.5. The highest BCUT2D eigenvalue weighted by molar-refractivity contribution is 5.62. The fraction of sp³-hybridized carbons (Fsp3) is 0.154. The molecule has 2 aromatic rings. The molecule has 0 unspecified atom stereocenters. The van der Waals surface area contributed by atoms with Gasteiger partial charge in [0, 0.05) is 18.3 Å². The van der Waals surface area contributed by atoms with E-state index in [1.54, 1.807) is 0 Å². The van der Waals surface area contributed by atoms with Crippen LogP contribution in [0.5, 0.6) is 11.5 Å². The summed E-state index contributed by atoms with van der Waals surface area (Å²) in [5.74, 6) is -1.01. The predicted molar refractivity (Wildman–Crippen MR) is 77.5 cm³/mol. The maximum atomic E-state index is 13.2. The number of ether oxygens (including phenoxy) is 1. The first kappa shape index (κ1) is 16.2. The van der Waals surface area contributed by atoms with Gasteiger partial charge in [0.05, 0.1) is 10.6 Å². The van der Waals surface area contributed by atoms with Gasteiger partial charge in [0.25, 0.3) is 0 Å². The molecule has 0 aliphatic carbocycles. The van der Waals surface area contributed by atoms with E-state index in [2.05, 4.69) is 4.98 Å². The summed E-state index contributed by atoms with van der Waals surface area (Å²) < 4.78 is 18.5. The lowest BCUT2D eigenvalue weighted by Gasteiger charge is -2.07. The largest absolute Gasteiger partial charge is 0.450 e. The van der Waals surface area contributed by atoms with Gasteiger partial charge in [0.1, 0.15) is 11.6 Å². The minimum atomic E-state index is -0.717. The van der Waals surface area contributed by atoms with Gasteiger partial charge in [-0.05, 0) is 12.1 Å². The molecule has 0 atom stereocenters. The van der Waals surface area contributed by atoms with Crippen molar-refractivity contribution >= 4 is 17.2 Å². The molecule has 7 nitrogen and oxygen atoms in total. The number of benzene rings is 1. The normalized spacial score (nSPS) is 9.48. The summed E-state index contributed by atoms with van der Waals surface area (Å²) in [5, 5.41) is 10.9. The number of nitrogen functional groups attached to an aromatic ring is 2. The fourth-order valence-electron chi connectivity index (χ4n) is 1.42. The Morgan fingerprint density at radius 2 is 1.95 bits per heavy atom. The van der Waals surface area contributed by atoms with Crippen molar-refractivity contribution in [1.82, 2.24) is 4.98 Å². The Balaban J connectivity index is 0.00000106. The van der Waals surface area contributed by atoms with E-state index in [0.29, 0.717) is 0 Å². The molecule has 0 saturated heterocycles. The lowest BCUT2D eigenvalue weighted by Crippen LogP contribution is -2.01. The first-order valence-electron chi connectivity index (χ1n) is 6.11. The minimum absolute atomic E-state index is 0.0453. The Morgan fingerprint density at radius 3 is 2.52 bits per heavy atom. The van der Waals surface area contributed by atoms with E-state index in [9.17, 15) is 14.5 Å². The highest BCUT2D eigenvalue weighted by atomic mass is 19.1. The van der Waals surface area contributed by atoms with E-state index in [-0.39, 0.29) is 23.0 Å². The van der Waals surface area contributed by atoms with E-state index in [1.807, 2.05) is 13.8 Å². The molecule has 0 aliphatic heterocycles. The molecule has 8 heteroatoms. The summed E-state index contributed by atoms with van der Waals surface area (Å²) >= 11 is 0. The predicted octanol–water partition coefficient (Wildman–Crippen LogP) is 3.11. The Bertz CT molecular complexity index is 649. The van der Waals surface area contributed by atoms with Crippen LogP contribution < -0.4 is 16.2 Å². The third-order valence-corrected chi connectivity index (χ3v) is 2.30. The number of rotatable bonds is 3. The van der Waals surface area contributed by atoms with Gasteiger partial charge in [-0.25, -0.2) is 9.37 Å². The quantitative estimate of drug-likeness (QED) is 0.510. The van der Waals surface area contributed by atoms with Crippen LogP contribution in [0.15, 0.2) is 30.5 Å². The van der Waals surface area contributed by atoms with E-state index in [4.69, 9.17) is 16.2 Å². The molecule has 2 rings (SSSR count). The van der Waals surface area contributed by atoms with Crippen molar-refractivity contribution in [3.63, 3.8) is 0 Å². The van der Waals surface area contributed by atoms with Gasteiger partial charge in [-0.3, -0.25) is 10.1 Å². The molecule has 0 amide bonds. The maximum absolute atomic E-state index is 13.2. The number of pyridine rings is 1. The molecule has 0 fully saturated rings. The van der Waals surface area contributed by atoms with Crippen LogP contribution in [0, 0.1) is 15.9 Å². The first-order chi connectivity index (χ1) is 9.99. The summed E-state index contributed by atoms with van der Waals surface area (Å²) in [7, 11) is 0. The number of nitro groups is 1.